The smallest absolute Gasteiger partial charge is 0.449 e. The van der Waals surface area contributed by atoms with Crippen molar-refractivity contribution >= 4 is 23.2 Å². The van der Waals surface area contributed by atoms with Crippen LogP contribution in [0.1, 0.15) is 0 Å². The van der Waals surface area contributed by atoms with Gasteiger partial charge < -0.3 is 15.6 Å². The van der Waals surface area contributed by atoms with Gasteiger partial charge in [0.1, 0.15) is 5.69 Å². The van der Waals surface area contributed by atoms with Gasteiger partial charge in [0.2, 0.25) is 0 Å². The first-order valence-electron chi connectivity index (χ1n) is 5.42. The van der Waals surface area contributed by atoms with E-state index in [1.54, 1.807) is 42.5 Å². The van der Waals surface area contributed by atoms with Crippen molar-refractivity contribution in [2.24, 2.45) is 10.2 Å². The van der Waals surface area contributed by atoms with E-state index in [0.717, 1.165) is 0 Å². The lowest BCUT2D eigenvalue weighted by atomic mass is 10.3. The maximum Gasteiger partial charge on any atom is 0.511 e. The Labute approximate surface area is 109 Å². The molecule has 0 saturated heterocycles. The zero-order valence-corrected chi connectivity index (χ0v) is 9.85. The second-order valence-electron chi connectivity index (χ2n) is 3.63. The maximum atomic E-state index is 10.5. The molecular formula is C13H11N3O3. The minimum atomic E-state index is -1.39. The highest BCUT2D eigenvalue weighted by Gasteiger charge is 2.06. The maximum absolute atomic E-state index is 10.5. The lowest BCUT2D eigenvalue weighted by molar-refractivity contribution is 0.144. The normalized spacial score (nSPS) is 10.5. The molecular weight excluding hydrogens is 246 g/mol. The van der Waals surface area contributed by atoms with E-state index in [9.17, 15) is 4.79 Å². The molecule has 19 heavy (non-hydrogen) atoms. The third kappa shape index (κ3) is 3.53. The Bertz CT molecular complexity index is 609. The van der Waals surface area contributed by atoms with Gasteiger partial charge in [-0.2, -0.15) is 5.11 Å². The molecule has 0 spiro atoms. The van der Waals surface area contributed by atoms with Crippen LogP contribution in [0.4, 0.5) is 21.9 Å². The number of nitrogens with zero attached hydrogens (tertiary/aromatic N) is 2. The van der Waals surface area contributed by atoms with Crippen molar-refractivity contribution in [1.82, 2.24) is 0 Å². The van der Waals surface area contributed by atoms with Gasteiger partial charge in [-0.25, -0.2) is 4.79 Å². The van der Waals surface area contributed by atoms with Crippen molar-refractivity contribution in [1.29, 1.82) is 0 Å². The largest absolute Gasteiger partial charge is 0.511 e. The van der Waals surface area contributed by atoms with Crippen LogP contribution < -0.4 is 10.5 Å². The summed E-state index contributed by atoms with van der Waals surface area (Å²) in [6, 6.07) is 13.3. The van der Waals surface area contributed by atoms with Gasteiger partial charge in [0.25, 0.3) is 0 Å². The summed E-state index contributed by atoms with van der Waals surface area (Å²) in [7, 11) is 0. The summed E-state index contributed by atoms with van der Waals surface area (Å²) in [5, 5.41) is 16.5. The minimum Gasteiger partial charge on any atom is -0.449 e. The number of ether oxygens (including phenoxy) is 1. The number of carboxylic acid groups (broad SMARTS) is 1. The average Bonchev–Trinajstić information content (AvgIpc) is 2.39. The highest BCUT2D eigenvalue weighted by Crippen LogP contribution is 2.28. The molecule has 0 aromatic heterocycles. The fraction of sp³-hybridized carbons (Fsp3) is 0. The number of azo groups is 1. The van der Waals surface area contributed by atoms with E-state index < -0.39 is 6.16 Å². The fourth-order valence-electron chi connectivity index (χ4n) is 1.37. The van der Waals surface area contributed by atoms with Crippen molar-refractivity contribution < 1.29 is 14.6 Å². The lowest BCUT2D eigenvalue weighted by Gasteiger charge is -2.02. The number of nitrogen functional groups attached to an aromatic ring is 1. The van der Waals surface area contributed by atoms with Gasteiger partial charge in [0.15, 0.2) is 5.75 Å². The Morgan fingerprint density at radius 3 is 2.42 bits per heavy atom. The van der Waals surface area contributed by atoms with E-state index in [1.165, 1.54) is 6.07 Å². The summed E-state index contributed by atoms with van der Waals surface area (Å²) in [5.74, 6) is 0.134. The van der Waals surface area contributed by atoms with Crippen molar-refractivity contribution in [3.63, 3.8) is 0 Å². The SMILES string of the molecule is Nc1ccc(N=Nc2ccccc2OC(=O)O)cc1. The summed E-state index contributed by atoms with van der Waals surface area (Å²) >= 11 is 0. The van der Waals surface area contributed by atoms with Crippen LogP contribution in [-0.4, -0.2) is 11.3 Å². The number of para-hydroxylation sites is 1. The van der Waals surface area contributed by atoms with E-state index in [-0.39, 0.29) is 5.75 Å². The van der Waals surface area contributed by atoms with Crippen molar-refractivity contribution in [3.8, 4) is 5.75 Å². The first-order chi connectivity index (χ1) is 9.15. The van der Waals surface area contributed by atoms with Gasteiger partial charge in [-0.15, -0.1) is 5.11 Å². The molecule has 0 aliphatic heterocycles. The van der Waals surface area contributed by atoms with Gasteiger partial charge >= 0.3 is 6.16 Å². The van der Waals surface area contributed by atoms with Crippen LogP contribution in [0.3, 0.4) is 0 Å². The molecule has 0 radical (unpaired) electrons. The lowest BCUT2D eigenvalue weighted by Crippen LogP contribution is -2.02. The Hall–Kier alpha value is -2.89. The van der Waals surface area contributed by atoms with Gasteiger partial charge in [-0.1, -0.05) is 12.1 Å². The number of hydrogen-bond donors (Lipinski definition) is 2. The molecule has 3 N–H and O–H groups in total. The summed E-state index contributed by atoms with van der Waals surface area (Å²) in [6.45, 7) is 0. The van der Waals surface area contributed by atoms with Crippen LogP contribution in [0.25, 0.3) is 0 Å². The number of benzene rings is 2. The Balaban J connectivity index is 2.22. The molecule has 0 saturated carbocycles. The highest BCUT2D eigenvalue weighted by molar-refractivity contribution is 5.65. The molecule has 0 fully saturated rings. The van der Waals surface area contributed by atoms with Gasteiger partial charge in [-0.3, -0.25) is 0 Å². The molecule has 0 aliphatic carbocycles. The number of anilines is 1. The molecule has 0 bridgehead atoms. The highest BCUT2D eigenvalue weighted by atomic mass is 16.7. The second kappa shape index (κ2) is 5.63. The molecule has 2 aromatic carbocycles. The zero-order chi connectivity index (χ0) is 13.7. The molecule has 0 amide bonds. The van der Waals surface area contributed by atoms with E-state index in [2.05, 4.69) is 15.0 Å². The monoisotopic (exact) mass is 257 g/mol. The number of carbonyl (C=O) groups is 1. The predicted octanol–water partition coefficient (Wildman–Crippen LogP) is 3.74. The fourth-order valence-corrected chi connectivity index (χ4v) is 1.37. The van der Waals surface area contributed by atoms with Crippen LogP contribution >= 0.6 is 0 Å². The van der Waals surface area contributed by atoms with Crippen LogP contribution in [0, 0.1) is 0 Å². The summed E-state index contributed by atoms with van der Waals surface area (Å²) in [4.78, 5) is 10.5. The van der Waals surface area contributed by atoms with Crippen LogP contribution in [-0.2, 0) is 0 Å². The molecule has 6 nitrogen and oxygen atoms in total. The Morgan fingerprint density at radius 1 is 1.05 bits per heavy atom. The summed E-state index contributed by atoms with van der Waals surface area (Å²) in [5.41, 5.74) is 7.13. The van der Waals surface area contributed by atoms with E-state index in [0.29, 0.717) is 17.1 Å². The standard InChI is InChI=1S/C13H11N3O3/c14-9-5-7-10(8-6-9)15-16-11-3-1-2-4-12(11)19-13(17)18/h1-8H,14H2,(H,17,18). The molecule has 6 heteroatoms. The van der Waals surface area contributed by atoms with Crippen molar-refractivity contribution in [3.05, 3.63) is 48.5 Å². The molecule has 0 heterocycles. The van der Waals surface area contributed by atoms with Crippen LogP contribution in [0.2, 0.25) is 0 Å². The van der Waals surface area contributed by atoms with E-state index in [1.807, 2.05) is 0 Å². The number of hydrogen-bond acceptors (Lipinski definition) is 5. The molecule has 0 unspecified atom stereocenters. The number of nitrogens with two attached hydrogens (primary N) is 1. The van der Waals surface area contributed by atoms with Crippen LogP contribution in [0.15, 0.2) is 58.8 Å². The third-order valence-electron chi connectivity index (χ3n) is 2.23. The van der Waals surface area contributed by atoms with Gasteiger partial charge in [0.05, 0.1) is 5.69 Å². The summed E-state index contributed by atoms with van der Waals surface area (Å²) < 4.78 is 4.60. The quantitative estimate of drug-likeness (QED) is 0.378. The van der Waals surface area contributed by atoms with Crippen LogP contribution in [0.5, 0.6) is 5.75 Å². The molecule has 2 rings (SSSR count). The molecule has 2 aromatic rings. The first kappa shape index (κ1) is 12.6. The molecule has 0 atom stereocenters. The minimum absolute atomic E-state index is 0.134. The average molecular weight is 257 g/mol. The number of rotatable bonds is 3. The predicted molar refractivity (Wildman–Crippen MR) is 70.1 cm³/mol. The summed E-state index contributed by atoms with van der Waals surface area (Å²) in [6.07, 6.45) is -1.39. The Morgan fingerprint density at radius 2 is 1.74 bits per heavy atom. The Kier molecular flexibility index (Phi) is 3.72. The second-order valence-corrected chi connectivity index (χ2v) is 3.63. The van der Waals surface area contributed by atoms with Crippen molar-refractivity contribution in [2.75, 3.05) is 5.73 Å². The first-order valence-corrected chi connectivity index (χ1v) is 5.42. The van der Waals surface area contributed by atoms with E-state index >= 15 is 0 Å². The zero-order valence-electron chi connectivity index (χ0n) is 9.85. The topological polar surface area (TPSA) is 97.3 Å². The molecule has 0 aliphatic rings. The molecule has 96 valence electrons. The van der Waals surface area contributed by atoms with Gasteiger partial charge in [0, 0.05) is 5.69 Å². The third-order valence-corrected chi connectivity index (χ3v) is 2.23. The van der Waals surface area contributed by atoms with E-state index in [4.69, 9.17) is 10.8 Å². The van der Waals surface area contributed by atoms with Crippen molar-refractivity contribution in [2.45, 2.75) is 0 Å². The van der Waals surface area contributed by atoms with Gasteiger partial charge in [-0.05, 0) is 36.4 Å².